The number of aryl methyl sites for hydroxylation is 1. The van der Waals surface area contributed by atoms with Crippen LogP contribution >= 0.6 is 11.3 Å². The molecule has 2 fully saturated rings. The maximum absolute atomic E-state index is 11.3. The number of nitrogens with zero attached hydrogens (tertiary/aromatic N) is 3. The van der Waals surface area contributed by atoms with Crippen LogP contribution in [0.5, 0.6) is 0 Å². The van der Waals surface area contributed by atoms with E-state index in [1.807, 2.05) is 6.92 Å². The van der Waals surface area contributed by atoms with Crippen LogP contribution in [-0.2, 0) is 0 Å². The van der Waals surface area contributed by atoms with E-state index in [2.05, 4.69) is 14.9 Å². The van der Waals surface area contributed by atoms with Crippen molar-refractivity contribution in [2.75, 3.05) is 18.0 Å². The van der Waals surface area contributed by atoms with Crippen LogP contribution in [0.3, 0.4) is 0 Å². The summed E-state index contributed by atoms with van der Waals surface area (Å²) in [5.74, 6) is 1.62. The van der Waals surface area contributed by atoms with E-state index in [-0.39, 0.29) is 0 Å². The summed E-state index contributed by atoms with van der Waals surface area (Å²) in [6.07, 6.45) is 5.55. The molecule has 2 unspecified atom stereocenters. The third-order valence-corrected chi connectivity index (χ3v) is 6.11. The summed E-state index contributed by atoms with van der Waals surface area (Å²) >= 11 is 1.25. The van der Waals surface area contributed by atoms with E-state index in [0.717, 1.165) is 46.5 Å². The Hall–Kier alpha value is -1.69. The summed E-state index contributed by atoms with van der Waals surface area (Å²) in [6, 6.07) is 0. The number of aromatic carboxylic acids is 1. The van der Waals surface area contributed by atoms with Crippen LogP contribution in [0.25, 0.3) is 10.2 Å². The molecule has 5 nitrogen and oxygen atoms in total. The summed E-state index contributed by atoms with van der Waals surface area (Å²) in [4.78, 5) is 23.6. The van der Waals surface area contributed by atoms with Crippen LogP contribution in [0.15, 0.2) is 6.33 Å². The van der Waals surface area contributed by atoms with Crippen molar-refractivity contribution >= 4 is 33.3 Å². The first-order chi connectivity index (χ1) is 10.1. The van der Waals surface area contributed by atoms with Crippen LogP contribution in [0.4, 0.5) is 5.82 Å². The fourth-order valence-corrected chi connectivity index (χ4v) is 4.89. The van der Waals surface area contributed by atoms with Crippen LogP contribution < -0.4 is 4.90 Å². The highest BCUT2D eigenvalue weighted by Gasteiger charge is 2.37. The number of aromatic nitrogens is 2. The van der Waals surface area contributed by atoms with Gasteiger partial charge in [0.15, 0.2) is 0 Å². The normalized spacial score (nSPS) is 24.7. The van der Waals surface area contributed by atoms with E-state index in [4.69, 9.17) is 0 Å². The van der Waals surface area contributed by atoms with Gasteiger partial charge < -0.3 is 10.0 Å². The van der Waals surface area contributed by atoms with Gasteiger partial charge in [0.2, 0.25) is 0 Å². The fourth-order valence-electron chi connectivity index (χ4n) is 3.90. The number of rotatable bonds is 2. The fraction of sp³-hybridized carbons (Fsp3) is 0.533. The van der Waals surface area contributed by atoms with E-state index < -0.39 is 5.97 Å². The van der Waals surface area contributed by atoms with Gasteiger partial charge in [-0.3, -0.25) is 0 Å². The minimum Gasteiger partial charge on any atom is -0.477 e. The highest BCUT2D eigenvalue weighted by atomic mass is 32.1. The number of thiophene rings is 1. The molecule has 1 aliphatic carbocycles. The van der Waals surface area contributed by atoms with Gasteiger partial charge in [0.1, 0.15) is 21.9 Å². The predicted molar refractivity (Wildman–Crippen MR) is 82.2 cm³/mol. The van der Waals surface area contributed by atoms with Gasteiger partial charge >= 0.3 is 5.97 Å². The van der Waals surface area contributed by atoms with E-state index in [9.17, 15) is 9.90 Å². The van der Waals surface area contributed by atoms with Gasteiger partial charge in [0, 0.05) is 13.1 Å². The Morgan fingerprint density at radius 1 is 1.33 bits per heavy atom. The number of anilines is 1. The van der Waals surface area contributed by atoms with E-state index in [0.29, 0.717) is 4.88 Å². The zero-order valence-electron chi connectivity index (χ0n) is 11.9. The second-order valence-electron chi connectivity index (χ2n) is 6.09. The highest BCUT2D eigenvalue weighted by molar-refractivity contribution is 7.20. The number of hydrogen-bond acceptors (Lipinski definition) is 5. The molecule has 0 radical (unpaired) electrons. The Morgan fingerprint density at radius 2 is 2.05 bits per heavy atom. The Balaban J connectivity index is 1.80. The molecule has 0 aromatic carbocycles. The average Bonchev–Trinajstić information content (AvgIpc) is 3.11. The average molecular weight is 303 g/mol. The van der Waals surface area contributed by atoms with Crippen molar-refractivity contribution in [2.45, 2.75) is 26.2 Å². The molecule has 6 heteroatoms. The third kappa shape index (κ3) is 1.92. The highest BCUT2D eigenvalue weighted by Crippen LogP contribution is 2.42. The second-order valence-corrected chi connectivity index (χ2v) is 7.09. The number of hydrogen-bond donors (Lipinski definition) is 1. The van der Waals surface area contributed by atoms with Crippen molar-refractivity contribution in [3.05, 3.63) is 16.8 Å². The summed E-state index contributed by atoms with van der Waals surface area (Å²) in [5, 5.41) is 10.2. The number of fused-ring (bicyclic) bond motifs is 2. The lowest BCUT2D eigenvalue weighted by Crippen LogP contribution is -2.22. The van der Waals surface area contributed by atoms with Gasteiger partial charge in [-0.1, -0.05) is 6.42 Å². The van der Waals surface area contributed by atoms with Crippen LogP contribution in [0, 0.1) is 18.8 Å². The molecule has 0 bridgehead atoms. The lowest BCUT2D eigenvalue weighted by atomic mass is 10.0. The van der Waals surface area contributed by atoms with E-state index >= 15 is 0 Å². The Labute approximate surface area is 126 Å². The molecular formula is C15H17N3O2S. The number of carboxylic acid groups (broad SMARTS) is 1. The summed E-state index contributed by atoms with van der Waals surface area (Å²) in [6.45, 7) is 3.97. The monoisotopic (exact) mass is 303 g/mol. The molecule has 1 N–H and O–H groups in total. The molecule has 2 aromatic heterocycles. The second kappa shape index (κ2) is 4.66. The maximum atomic E-state index is 11.3. The van der Waals surface area contributed by atoms with Crippen LogP contribution in [0.1, 0.15) is 34.5 Å². The van der Waals surface area contributed by atoms with Gasteiger partial charge in [-0.05, 0) is 37.2 Å². The largest absolute Gasteiger partial charge is 0.477 e. The van der Waals surface area contributed by atoms with Gasteiger partial charge in [-0.25, -0.2) is 14.8 Å². The Bertz CT molecular complexity index is 715. The zero-order chi connectivity index (χ0) is 14.6. The van der Waals surface area contributed by atoms with Gasteiger partial charge in [0.25, 0.3) is 0 Å². The van der Waals surface area contributed by atoms with Crippen molar-refractivity contribution in [3.8, 4) is 0 Å². The van der Waals surface area contributed by atoms with E-state index in [1.54, 1.807) is 6.33 Å². The maximum Gasteiger partial charge on any atom is 0.346 e. The molecule has 2 aromatic rings. The number of carboxylic acids is 1. The minimum atomic E-state index is -0.875. The zero-order valence-corrected chi connectivity index (χ0v) is 12.7. The molecule has 0 spiro atoms. The standard InChI is InChI=1S/C15H17N3O2S/c1-8-11-13(18-5-9-3-2-4-10(9)6-18)16-7-17-14(11)21-12(8)15(19)20/h7,9-10H,2-6H2,1H3,(H,19,20). The molecule has 2 atom stereocenters. The molecule has 2 aliphatic rings. The van der Waals surface area contributed by atoms with Gasteiger partial charge in [-0.15, -0.1) is 11.3 Å². The first-order valence-corrected chi connectivity index (χ1v) is 8.19. The molecule has 3 heterocycles. The third-order valence-electron chi connectivity index (χ3n) is 4.93. The Kier molecular flexibility index (Phi) is 2.89. The van der Waals surface area contributed by atoms with Crippen molar-refractivity contribution in [2.24, 2.45) is 11.8 Å². The van der Waals surface area contributed by atoms with Crippen molar-refractivity contribution < 1.29 is 9.90 Å². The quantitative estimate of drug-likeness (QED) is 0.924. The van der Waals surface area contributed by atoms with Gasteiger partial charge in [-0.2, -0.15) is 0 Å². The van der Waals surface area contributed by atoms with Crippen molar-refractivity contribution in [3.63, 3.8) is 0 Å². The predicted octanol–water partition coefficient (Wildman–Crippen LogP) is 2.93. The van der Waals surface area contributed by atoms with Gasteiger partial charge in [0.05, 0.1) is 5.39 Å². The van der Waals surface area contributed by atoms with Crippen molar-refractivity contribution in [1.29, 1.82) is 0 Å². The molecule has 110 valence electrons. The van der Waals surface area contributed by atoms with Crippen LogP contribution in [-0.4, -0.2) is 34.1 Å². The first kappa shape index (κ1) is 13.0. The number of carbonyl (C=O) groups is 1. The first-order valence-electron chi connectivity index (χ1n) is 7.37. The summed E-state index contributed by atoms with van der Waals surface area (Å²) in [7, 11) is 0. The summed E-state index contributed by atoms with van der Waals surface area (Å²) < 4.78 is 0. The Morgan fingerprint density at radius 3 is 2.71 bits per heavy atom. The van der Waals surface area contributed by atoms with Crippen molar-refractivity contribution in [1.82, 2.24) is 9.97 Å². The molecule has 4 rings (SSSR count). The molecule has 21 heavy (non-hydrogen) atoms. The van der Waals surface area contributed by atoms with E-state index in [1.165, 1.54) is 30.6 Å². The summed E-state index contributed by atoms with van der Waals surface area (Å²) in [5.41, 5.74) is 0.801. The molecular weight excluding hydrogens is 286 g/mol. The molecule has 1 saturated carbocycles. The van der Waals surface area contributed by atoms with Crippen LogP contribution in [0.2, 0.25) is 0 Å². The smallest absolute Gasteiger partial charge is 0.346 e. The molecule has 0 amide bonds. The topological polar surface area (TPSA) is 66.3 Å². The minimum absolute atomic E-state index is 0.381. The molecule has 1 saturated heterocycles. The SMILES string of the molecule is Cc1c(C(=O)O)sc2ncnc(N3CC4CCCC4C3)c12. The molecule has 1 aliphatic heterocycles. The lowest BCUT2D eigenvalue weighted by molar-refractivity contribution is 0.0701. The lowest BCUT2D eigenvalue weighted by Gasteiger charge is -2.19.